The van der Waals surface area contributed by atoms with Gasteiger partial charge in [0.25, 0.3) is 0 Å². The van der Waals surface area contributed by atoms with Crippen LogP contribution in [0.3, 0.4) is 0 Å². The number of hydrogen-bond acceptors (Lipinski definition) is 6. The number of carboxylic acid groups (broad SMARTS) is 1. The van der Waals surface area contributed by atoms with Crippen LogP contribution in [0.1, 0.15) is 32.6 Å². The number of amides is 2. The van der Waals surface area contributed by atoms with E-state index < -0.39 is 39.0 Å². The Balaban J connectivity index is 0.000000572. The third-order valence-electron chi connectivity index (χ3n) is 5.89. The molecule has 0 spiro atoms. The van der Waals surface area contributed by atoms with Crippen LogP contribution in [0.15, 0.2) is 28.7 Å². The van der Waals surface area contributed by atoms with Crippen molar-refractivity contribution in [1.29, 1.82) is 0 Å². The predicted octanol–water partition coefficient (Wildman–Crippen LogP) is 4.02. The molecule has 9 nitrogen and oxygen atoms in total. The van der Waals surface area contributed by atoms with Crippen molar-refractivity contribution in [3.63, 3.8) is 0 Å². The van der Waals surface area contributed by atoms with E-state index >= 15 is 0 Å². The highest BCUT2D eigenvalue weighted by Crippen LogP contribution is 2.44. The molecule has 1 aromatic rings. The summed E-state index contributed by atoms with van der Waals surface area (Å²) < 4.78 is 57.8. The van der Waals surface area contributed by atoms with E-state index in [-0.39, 0.29) is 21.6 Å². The summed E-state index contributed by atoms with van der Waals surface area (Å²) in [5.41, 5.74) is 1.11. The third kappa shape index (κ3) is 7.50. The summed E-state index contributed by atoms with van der Waals surface area (Å²) in [6.07, 6.45) is -0.232. The first-order valence-electron chi connectivity index (χ1n) is 11.0. The number of allylic oxidation sites excluding steroid dienone is 1. The van der Waals surface area contributed by atoms with E-state index in [2.05, 4.69) is 16.7 Å². The number of rotatable bonds is 6. The van der Waals surface area contributed by atoms with Gasteiger partial charge in [-0.3, -0.25) is 0 Å². The molecule has 202 valence electrons. The number of aliphatic carboxylic acids is 1. The molecular weight excluding hydrogens is 527 g/mol. The van der Waals surface area contributed by atoms with E-state index in [1.165, 1.54) is 12.1 Å². The number of carbonyl (C=O) groups is 2. The number of carboxylic acids is 1. The summed E-state index contributed by atoms with van der Waals surface area (Å²) in [7, 11) is 0.101. The summed E-state index contributed by atoms with van der Waals surface area (Å²) in [5.74, 6) is -2.96. The Kier molecular flexibility index (Phi) is 9.65. The molecule has 1 atom stereocenters. The molecule has 0 bridgehead atoms. The number of aromatic hydroxyl groups is 1. The standard InChI is InChI=1S/C20H28ClN3O4S.C2HF3O2/c1-12-5-4-6-16(12)22-20(26)23-17-8-7-15(21)19(18(17)25)29(27,28)14-9-13(10-14)11-24(2)3;3-2(4,5)1(6)7/h5,7-8,13-14,16,25H,4,6,9-11H2,1-3H3,(H2,22,23,26);(H,6,7). The minimum absolute atomic E-state index is 0.0225. The third-order valence-corrected chi connectivity index (χ3v) is 8.56. The maximum atomic E-state index is 13.1. The van der Waals surface area contributed by atoms with Crippen molar-refractivity contribution in [2.45, 2.75) is 55.0 Å². The first-order chi connectivity index (χ1) is 16.5. The van der Waals surface area contributed by atoms with E-state index in [4.69, 9.17) is 21.5 Å². The van der Waals surface area contributed by atoms with Crippen molar-refractivity contribution in [3.05, 3.63) is 28.8 Å². The lowest BCUT2D eigenvalue weighted by atomic mass is 9.84. The van der Waals surface area contributed by atoms with Crippen LogP contribution in [0, 0.1) is 5.92 Å². The molecule has 3 rings (SSSR count). The van der Waals surface area contributed by atoms with E-state index in [9.17, 15) is 31.5 Å². The van der Waals surface area contributed by atoms with Crippen LogP contribution in [0.5, 0.6) is 5.75 Å². The predicted molar refractivity (Wildman–Crippen MR) is 128 cm³/mol. The topological polar surface area (TPSA) is 136 Å². The number of phenols is 1. The minimum atomic E-state index is -5.08. The summed E-state index contributed by atoms with van der Waals surface area (Å²) >= 11 is 6.14. The molecule has 0 aliphatic heterocycles. The molecular formula is C22H29ClF3N3O6S. The lowest BCUT2D eigenvalue weighted by Gasteiger charge is -2.36. The molecule has 1 saturated carbocycles. The zero-order valence-corrected chi connectivity index (χ0v) is 21.5. The summed E-state index contributed by atoms with van der Waals surface area (Å²) in [5, 5.41) is 22.5. The Hall–Kier alpha value is -2.51. The number of anilines is 1. The fourth-order valence-electron chi connectivity index (χ4n) is 4.03. The van der Waals surface area contributed by atoms with Crippen molar-refractivity contribution in [2.24, 2.45) is 5.92 Å². The van der Waals surface area contributed by atoms with Gasteiger partial charge in [0.15, 0.2) is 15.6 Å². The van der Waals surface area contributed by atoms with Gasteiger partial charge in [0.05, 0.1) is 22.0 Å². The average molecular weight is 556 g/mol. The van der Waals surface area contributed by atoms with Gasteiger partial charge in [-0.25, -0.2) is 18.0 Å². The molecule has 2 aliphatic carbocycles. The van der Waals surface area contributed by atoms with Gasteiger partial charge >= 0.3 is 18.2 Å². The van der Waals surface area contributed by atoms with Gasteiger partial charge in [0.2, 0.25) is 0 Å². The quantitative estimate of drug-likeness (QED) is 0.307. The Labute approximate surface area is 212 Å². The van der Waals surface area contributed by atoms with Gasteiger partial charge in [-0.15, -0.1) is 0 Å². The first-order valence-corrected chi connectivity index (χ1v) is 12.9. The Morgan fingerprint density at radius 3 is 2.28 bits per heavy atom. The number of sulfone groups is 1. The van der Waals surface area contributed by atoms with Crippen molar-refractivity contribution in [2.75, 3.05) is 26.0 Å². The van der Waals surface area contributed by atoms with E-state index in [0.29, 0.717) is 18.8 Å². The van der Waals surface area contributed by atoms with Gasteiger partial charge in [-0.05, 0) is 64.8 Å². The zero-order chi connectivity index (χ0) is 27.4. The minimum Gasteiger partial charge on any atom is -0.504 e. The normalized spacial score (nSPS) is 21.7. The van der Waals surface area contributed by atoms with Crippen LogP contribution in [0.2, 0.25) is 5.02 Å². The molecule has 14 heteroatoms. The van der Waals surface area contributed by atoms with Crippen LogP contribution < -0.4 is 10.6 Å². The number of halogens is 4. The largest absolute Gasteiger partial charge is 0.504 e. The summed E-state index contributed by atoms with van der Waals surface area (Å²) in [4.78, 5) is 22.9. The highest BCUT2D eigenvalue weighted by molar-refractivity contribution is 7.92. The molecule has 0 radical (unpaired) electrons. The van der Waals surface area contributed by atoms with Gasteiger partial charge in [-0.1, -0.05) is 23.3 Å². The monoisotopic (exact) mass is 555 g/mol. The fraction of sp³-hybridized carbons (Fsp3) is 0.545. The molecule has 0 aromatic heterocycles. The lowest BCUT2D eigenvalue weighted by Crippen LogP contribution is -2.40. The SMILES string of the molecule is CC1=CCCC1NC(=O)Nc1ccc(Cl)c(S(=O)(=O)C2CC(CN(C)C)C2)c1O.O=C(O)C(F)(F)F. The van der Waals surface area contributed by atoms with Crippen LogP contribution >= 0.6 is 11.6 Å². The highest BCUT2D eigenvalue weighted by atomic mass is 35.5. The highest BCUT2D eigenvalue weighted by Gasteiger charge is 2.42. The number of nitrogens with zero attached hydrogens (tertiary/aromatic N) is 1. The second kappa shape index (κ2) is 11.7. The zero-order valence-electron chi connectivity index (χ0n) is 19.9. The van der Waals surface area contributed by atoms with Crippen molar-refractivity contribution < 1.29 is 41.4 Å². The number of alkyl halides is 3. The number of hydrogen-bond donors (Lipinski definition) is 4. The maximum absolute atomic E-state index is 13.1. The molecule has 1 fully saturated rings. The average Bonchev–Trinajstić information content (AvgIpc) is 3.10. The molecule has 4 N–H and O–H groups in total. The second-order valence-corrected chi connectivity index (χ2v) is 11.6. The molecule has 0 saturated heterocycles. The second-order valence-electron chi connectivity index (χ2n) is 9.02. The molecule has 36 heavy (non-hydrogen) atoms. The first kappa shape index (κ1) is 29.7. The van der Waals surface area contributed by atoms with Crippen LogP contribution in [0.25, 0.3) is 0 Å². The Morgan fingerprint density at radius 2 is 1.81 bits per heavy atom. The van der Waals surface area contributed by atoms with E-state index in [0.717, 1.165) is 25.0 Å². The maximum Gasteiger partial charge on any atom is 0.490 e. The number of carbonyl (C=O) groups excluding carboxylic acids is 1. The van der Waals surface area contributed by atoms with Crippen LogP contribution in [-0.4, -0.2) is 73.6 Å². The van der Waals surface area contributed by atoms with Crippen LogP contribution in [0.4, 0.5) is 23.7 Å². The molecule has 0 heterocycles. The molecule has 2 aliphatic rings. The lowest BCUT2D eigenvalue weighted by molar-refractivity contribution is -0.192. The van der Waals surface area contributed by atoms with Crippen molar-refractivity contribution in [3.8, 4) is 5.75 Å². The van der Waals surface area contributed by atoms with E-state index in [1.807, 2.05) is 25.9 Å². The van der Waals surface area contributed by atoms with Crippen molar-refractivity contribution in [1.82, 2.24) is 10.2 Å². The van der Waals surface area contributed by atoms with Gasteiger partial charge in [0, 0.05) is 6.54 Å². The number of urea groups is 1. The molecule has 1 aromatic carbocycles. The molecule has 2 amide bonds. The number of benzene rings is 1. The van der Waals surface area contributed by atoms with Crippen LogP contribution in [-0.2, 0) is 14.6 Å². The number of phenolic OH excluding ortho intramolecular Hbond substituents is 1. The summed E-state index contributed by atoms with van der Waals surface area (Å²) in [6.45, 7) is 2.77. The Morgan fingerprint density at radius 1 is 1.22 bits per heavy atom. The van der Waals surface area contributed by atoms with E-state index in [1.54, 1.807) is 0 Å². The smallest absolute Gasteiger partial charge is 0.490 e. The van der Waals surface area contributed by atoms with Gasteiger partial charge < -0.3 is 25.7 Å². The van der Waals surface area contributed by atoms with Gasteiger partial charge in [0.1, 0.15) is 4.90 Å². The molecule has 1 unspecified atom stereocenters. The summed E-state index contributed by atoms with van der Waals surface area (Å²) in [6, 6.07) is 2.24. The fourth-order valence-corrected chi connectivity index (χ4v) is 6.61. The Bertz CT molecular complexity index is 1120. The number of nitrogens with one attached hydrogen (secondary N) is 2. The van der Waals surface area contributed by atoms with Gasteiger partial charge in [-0.2, -0.15) is 13.2 Å². The van der Waals surface area contributed by atoms with Crippen molar-refractivity contribution >= 4 is 39.1 Å².